The van der Waals surface area contributed by atoms with Crippen molar-refractivity contribution in [1.29, 1.82) is 0 Å². The largest absolute Gasteiger partial charge is 0.326 e. The van der Waals surface area contributed by atoms with Crippen LogP contribution < -0.4 is 10.6 Å². The Balaban J connectivity index is 1.71. The molecule has 0 radical (unpaired) electrons. The number of benzene rings is 2. The van der Waals surface area contributed by atoms with Gasteiger partial charge in [-0.3, -0.25) is 4.79 Å². The summed E-state index contributed by atoms with van der Waals surface area (Å²) in [6, 6.07) is 16.2. The zero-order chi connectivity index (χ0) is 15.1. The Morgan fingerprint density at radius 2 is 1.86 bits per heavy atom. The van der Waals surface area contributed by atoms with Gasteiger partial charge >= 0.3 is 0 Å². The molecule has 21 heavy (non-hydrogen) atoms. The summed E-state index contributed by atoms with van der Waals surface area (Å²) in [4.78, 5) is 11.9. The van der Waals surface area contributed by atoms with Gasteiger partial charge < -0.3 is 10.6 Å². The second-order valence-electron chi connectivity index (χ2n) is 5.28. The van der Waals surface area contributed by atoms with Crippen molar-refractivity contribution >= 4 is 11.6 Å². The number of carbonyl (C=O) groups is 1. The summed E-state index contributed by atoms with van der Waals surface area (Å²) in [6.45, 7) is 5.54. The molecule has 0 atom stereocenters. The van der Waals surface area contributed by atoms with Crippen LogP contribution in [0.4, 0.5) is 5.69 Å². The van der Waals surface area contributed by atoms with Gasteiger partial charge in [-0.05, 0) is 31.0 Å². The molecule has 3 nitrogen and oxygen atoms in total. The monoisotopic (exact) mass is 282 g/mol. The molecule has 0 aliphatic carbocycles. The lowest BCUT2D eigenvalue weighted by Crippen LogP contribution is -2.21. The van der Waals surface area contributed by atoms with E-state index in [4.69, 9.17) is 0 Å². The first-order chi connectivity index (χ1) is 10.1. The molecule has 2 rings (SSSR count). The fourth-order valence-electron chi connectivity index (χ4n) is 2.18. The third-order valence-corrected chi connectivity index (χ3v) is 3.36. The second kappa shape index (κ2) is 7.60. The van der Waals surface area contributed by atoms with E-state index in [0.717, 1.165) is 17.8 Å². The maximum Gasteiger partial charge on any atom is 0.225 e. The predicted octanol–water partition coefficient (Wildman–Crippen LogP) is 3.42. The first-order valence-corrected chi connectivity index (χ1v) is 7.27. The summed E-state index contributed by atoms with van der Waals surface area (Å²) in [5.41, 5.74) is 4.47. The van der Waals surface area contributed by atoms with E-state index >= 15 is 0 Å². The van der Waals surface area contributed by atoms with E-state index in [9.17, 15) is 4.79 Å². The van der Waals surface area contributed by atoms with Crippen molar-refractivity contribution in [3.05, 3.63) is 65.2 Å². The Kier molecular flexibility index (Phi) is 5.52. The van der Waals surface area contributed by atoms with Crippen molar-refractivity contribution in [1.82, 2.24) is 5.32 Å². The van der Waals surface area contributed by atoms with Gasteiger partial charge in [-0.25, -0.2) is 0 Å². The van der Waals surface area contributed by atoms with Crippen molar-refractivity contribution in [2.45, 2.75) is 26.8 Å². The molecule has 1 amide bonds. The number of hydrogen-bond acceptors (Lipinski definition) is 2. The topological polar surface area (TPSA) is 41.1 Å². The molecular formula is C18H22N2O. The number of aryl methyl sites for hydroxylation is 2. The molecule has 0 heterocycles. The molecule has 0 saturated carbocycles. The van der Waals surface area contributed by atoms with Crippen LogP contribution in [0.25, 0.3) is 0 Å². The predicted molar refractivity (Wildman–Crippen MR) is 87.3 cm³/mol. The molecule has 0 spiro atoms. The lowest BCUT2D eigenvalue weighted by atomic mass is 10.1. The Morgan fingerprint density at radius 1 is 1.05 bits per heavy atom. The Labute approximate surface area is 126 Å². The zero-order valence-corrected chi connectivity index (χ0v) is 12.6. The van der Waals surface area contributed by atoms with Gasteiger partial charge in [-0.1, -0.05) is 48.0 Å². The van der Waals surface area contributed by atoms with Crippen LogP contribution in [-0.4, -0.2) is 12.5 Å². The standard InChI is InChI=1S/C18H22N2O/c1-14-6-5-8-16(12-14)13-19-11-10-18(21)20-17-9-4-3-7-15(17)2/h3-9,12,19H,10-11,13H2,1-2H3,(H,20,21). The maximum atomic E-state index is 11.9. The van der Waals surface area contributed by atoms with E-state index in [1.807, 2.05) is 31.2 Å². The van der Waals surface area contributed by atoms with Gasteiger partial charge in [0, 0.05) is 25.2 Å². The van der Waals surface area contributed by atoms with Crippen LogP contribution in [0, 0.1) is 13.8 Å². The van der Waals surface area contributed by atoms with Crippen LogP contribution in [0.2, 0.25) is 0 Å². The van der Waals surface area contributed by atoms with E-state index < -0.39 is 0 Å². The zero-order valence-electron chi connectivity index (χ0n) is 12.6. The van der Waals surface area contributed by atoms with E-state index in [-0.39, 0.29) is 5.91 Å². The molecule has 0 unspecified atom stereocenters. The quantitative estimate of drug-likeness (QED) is 0.797. The van der Waals surface area contributed by atoms with Crippen LogP contribution in [-0.2, 0) is 11.3 Å². The molecule has 0 aromatic heterocycles. The Morgan fingerprint density at radius 3 is 2.62 bits per heavy atom. The summed E-state index contributed by atoms with van der Waals surface area (Å²) < 4.78 is 0. The number of hydrogen-bond donors (Lipinski definition) is 2. The highest BCUT2D eigenvalue weighted by Crippen LogP contribution is 2.13. The minimum absolute atomic E-state index is 0.0426. The Hall–Kier alpha value is -2.13. The first-order valence-electron chi connectivity index (χ1n) is 7.27. The van der Waals surface area contributed by atoms with Gasteiger partial charge in [0.25, 0.3) is 0 Å². The van der Waals surface area contributed by atoms with Gasteiger partial charge in [0.05, 0.1) is 0 Å². The summed E-state index contributed by atoms with van der Waals surface area (Å²) in [5, 5.41) is 6.24. The summed E-state index contributed by atoms with van der Waals surface area (Å²) in [7, 11) is 0. The molecule has 0 aliphatic heterocycles. The summed E-state index contributed by atoms with van der Waals surface area (Å²) in [6.07, 6.45) is 0.472. The molecule has 0 fully saturated rings. The highest BCUT2D eigenvalue weighted by atomic mass is 16.1. The number of rotatable bonds is 6. The van der Waals surface area contributed by atoms with Crippen molar-refractivity contribution in [3.63, 3.8) is 0 Å². The van der Waals surface area contributed by atoms with Gasteiger partial charge in [0.1, 0.15) is 0 Å². The van der Waals surface area contributed by atoms with Crippen LogP contribution in [0.15, 0.2) is 48.5 Å². The fraction of sp³-hybridized carbons (Fsp3) is 0.278. The number of carbonyl (C=O) groups excluding carboxylic acids is 1. The molecule has 2 N–H and O–H groups in total. The smallest absolute Gasteiger partial charge is 0.225 e. The highest BCUT2D eigenvalue weighted by Gasteiger charge is 2.03. The van der Waals surface area contributed by atoms with Crippen LogP contribution in [0.3, 0.4) is 0 Å². The average Bonchev–Trinajstić information content (AvgIpc) is 2.46. The highest BCUT2D eigenvalue weighted by molar-refractivity contribution is 5.91. The first kappa shape index (κ1) is 15.3. The molecule has 2 aromatic rings. The van der Waals surface area contributed by atoms with Gasteiger partial charge in [0.15, 0.2) is 0 Å². The van der Waals surface area contributed by atoms with Crippen LogP contribution >= 0.6 is 0 Å². The summed E-state index contributed by atoms with van der Waals surface area (Å²) in [5.74, 6) is 0.0426. The fourth-order valence-corrected chi connectivity index (χ4v) is 2.18. The van der Waals surface area contributed by atoms with Crippen molar-refractivity contribution in [2.24, 2.45) is 0 Å². The average molecular weight is 282 g/mol. The van der Waals surface area contributed by atoms with E-state index in [2.05, 4.69) is 41.8 Å². The molecule has 0 bridgehead atoms. The van der Waals surface area contributed by atoms with Crippen molar-refractivity contribution in [3.8, 4) is 0 Å². The second-order valence-corrected chi connectivity index (χ2v) is 5.28. The SMILES string of the molecule is Cc1cccc(CNCCC(=O)Nc2ccccc2C)c1. The van der Waals surface area contributed by atoms with Gasteiger partial charge in [-0.2, -0.15) is 0 Å². The minimum atomic E-state index is 0.0426. The maximum absolute atomic E-state index is 11.9. The van der Waals surface area contributed by atoms with Crippen molar-refractivity contribution < 1.29 is 4.79 Å². The van der Waals surface area contributed by atoms with Gasteiger partial charge in [0.2, 0.25) is 5.91 Å². The number of para-hydroxylation sites is 1. The van der Waals surface area contributed by atoms with Crippen molar-refractivity contribution in [2.75, 3.05) is 11.9 Å². The number of anilines is 1. The summed E-state index contributed by atoms with van der Waals surface area (Å²) >= 11 is 0. The number of amides is 1. The molecule has 110 valence electrons. The third kappa shape index (κ3) is 5.04. The molecule has 3 heteroatoms. The number of nitrogens with one attached hydrogen (secondary N) is 2. The van der Waals surface area contributed by atoms with E-state index in [0.29, 0.717) is 13.0 Å². The Bertz CT molecular complexity index is 608. The molecule has 0 saturated heterocycles. The van der Waals surface area contributed by atoms with Gasteiger partial charge in [-0.15, -0.1) is 0 Å². The van der Waals surface area contributed by atoms with E-state index in [1.54, 1.807) is 0 Å². The lowest BCUT2D eigenvalue weighted by molar-refractivity contribution is -0.116. The normalized spacial score (nSPS) is 10.4. The van der Waals surface area contributed by atoms with E-state index in [1.165, 1.54) is 11.1 Å². The van der Waals surface area contributed by atoms with Crippen LogP contribution in [0.5, 0.6) is 0 Å². The molecular weight excluding hydrogens is 260 g/mol. The van der Waals surface area contributed by atoms with Crippen LogP contribution in [0.1, 0.15) is 23.1 Å². The minimum Gasteiger partial charge on any atom is -0.326 e. The lowest BCUT2D eigenvalue weighted by Gasteiger charge is -2.09. The molecule has 0 aliphatic rings. The molecule has 2 aromatic carbocycles. The third-order valence-electron chi connectivity index (χ3n) is 3.36.